The van der Waals surface area contributed by atoms with Crippen LogP contribution in [0.1, 0.15) is 21.9 Å². The highest BCUT2D eigenvalue weighted by atomic mass is 35.5. The molecule has 1 aromatic carbocycles. The first-order valence-electron chi connectivity index (χ1n) is 6.84. The maximum absolute atomic E-state index is 12.2. The first-order chi connectivity index (χ1) is 11.5. The molecule has 0 saturated heterocycles. The fourth-order valence-corrected chi connectivity index (χ4v) is 3.60. The number of furan rings is 1. The van der Waals surface area contributed by atoms with Gasteiger partial charge in [-0.05, 0) is 31.2 Å². The first-order valence-corrected chi connectivity index (χ1v) is 8.48. The largest absolute Gasteiger partial charge is 0.456 e. The minimum atomic E-state index is -0.407. The Bertz CT molecular complexity index is 969. The molecule has 0 radical (unpaired) electrons. The Morgan fingerprint density at radius 1 is 1.25 bits per heavy atom. The molecule has 0 spiro atoms. The Balaban J connectivity index is 1.95. The Kier molecular flexibility index (Phi) is 4.63. The quantitative estimate of drug-likeness (QED) is 0.632. The summed E-state index contributed by atoms with van der Waals surface area (Å²) in [5.74, 6) is 0.423. The Morgan fingerprint density at radius 3 is 2.67 bits per heavy atom. The molecule has 3 aromatic rings. The predicted octanol–water partition coefficient (Wildman–Crippen LogP) is 5.75. The number of aryl methyl sites for hydroxylation is 1. The molecule has 120 valence electrons. The van der Waals surface area contributed by atoms with Crippen LogP contribution in [0.15, 0.2) is 40.1 Å². The van der Waals surface area contributed by atoms with Crippen LogP contribution in [-0.2, 0) is 0 Å². The van der Waals surface area contributed by atoms with Crippen molar-refractivity contribution in [1.82, 2.24) is 0 Å². The molecule has 24 heavy (non-hydrogen) atoms. The average molecular weight is 377 g/mol. The molecule has 2 aromatic heterocycles. The van der Waals surface area contributed by atoms with Gasteiger partial charge in [0.1, 0.15) is 16.8 Å². The lowest BCUT2D eigenvalue weighted by atomic mass is 10.0. The second-order valence-electron chi connectivity index (χ2n) is 4.95. The van der Waals surface area contributed by atoms with E-state index >= 15 is 0 Å². The maximum atomic E-state index is 12.2. The van der Waals surface area contributed by atoms with Gasteiger partial charge in [-0.1, -0.05) is 29.3 Å². The van der Waals surface area contributed by atoms with Crippen LogP contribution in [-0.4, -0.2) is 5.91 Å². The zero-order valence-corrected chi connectivity index (χ0v) is 14.7. The van der Waals surface area contributed by atoms with Crippen molar-refractivity contribution in [3.63, 3.8) is 0 Å². The summed E-state index contributed by atoms with van der Waals surface area (Å²) in [7, 11) is 0. The van der Waals surface area contributed by atoms with Crippen molar-refractivity contribution < 1.29 is 9.21 Å². The number of halogens is 2. The van der Waals surface area contributed by atoms with Gasteiger partial charge in [0.25, 0.3) is 5.91 Å². The number of benzene rings is 1. The summed E-state index contributed by atoms with van der Waals surface area (Å²) in [4.78, 5) is 12.2. The second-order valence-corrected chi connectivity index (χ2v) is 6.68. The first kappa shape index (κ1) is 16.6. The minimum Gasteiger partial charge on any atom is -0.456 e. The smallest absolute Gasteiger partial charge is 0.292 e. The number of nitrogens with one attached hydrogen (secondary N) is 1. The van der Waals surface area contributed by atoms with Gasteiger partial charge >= 0.3 is 0 Å². The molecule has 0 aliphatic heterocycles. The Hall–Kier alpha value is -2.26. The van der Waals surface area contributed by atoms with E-state index < -0.39 is 5.91 Å². The van der Waals surface area contributed by atoms with Crippen LogP contribution < -0.4 is 5.32 Å². The summed E-state index contributed by atoms with van der Waals surface area (Å²) in [5.41, 5.74) is 1.68. The Labute approximate surface area is 152 Å². The maximum Gasteiger partial charge on any atom is 0.292 e. The highest BCUT2D eigenvalue weighted by Gasteiger charge is 2.19. The van der Waals surface area contributed by atoms with E-state index in [2.05, 4.69) is 11.4 Å². The molecule has 2 heterocycles. The summed E-state index contributed by atoms with van der Waals surface area (Å²) in [6.07, 6.45) is 0. The summed E-state index contributed by atoms with van der Waals surface area (Å²) >= 11 is 13.4. The number of carbonyl (C=O) groups excluding carboxylic acids is 1. The lowest BCUT2D eigenvalue weighted by Crippen LogP contribution is -2.10. The molecule has 4 nitrogen and oxygen atoms in total. The van der Waals surface area contributed by atoms with E-state index in [1.165, 1.54) is 11.3 Å². The average Bonchev–Trinajstić information content (AvgIpc) is 3.13. The van der Waals surface area contributed by atoms with Gasteiger partial charge < -0.3 is 9.73 Å². The van der Waals surface area contributed by atoms with Crippen molar-refractivity contribution >= 4 is 45.4 Å². The Morgan fingerprint density at radius 2 is 2.04 bits per heavy atom. The number of rotatable bonds is 3. The van der Waals surface area contributed by atoms with Gasteiger partial charge in [0, 0.05) is 26.6 Å². The molecule has 0 saturated carbocycles. The number of carbonyl (C=O) groups is 1. The zero-order valence-electron chi connectivity index (χ0n) is 12.4. The molecule has 0 unspecified atom stereocenters. The highest BCUT2D eigenvalue weighted by Crippen LogP contribution is 2.39. The summed E-state index contributed by atoms with van der Waals surface area (Å²) < 4.78 is 5.29. The van der Waals surface area contributed by atoms with Crippen molar-refractivity contribution in [3.05, 3.63) is 62.8 Å². The van der Waals surface area contributed by atoms with Crippen LogP contribution in [0.3, 0.4) is 0 Å². The lowest BCUT2D eigenvalue weighted by Gasteiger charge is -2.05. The molecule has 3 rings (SSSR count). The van der Waals surface area contributed by atoms with Crippen LogP contribution in [0.4, 0.5) is 5.00 Å². The summed E-state index contributed by atoms with van der Waals surface area (Å²) in [5, 5.41) is 15.4. The number of nitriles is 1. The predicted molar refractivity (Wildman–Crippen MR) is 95.9 cm³/mol. The number of nitrogens with zero attached hydrogens (tertiary/aromatic N) is 1. The number of hydrogen-bond donors (Lipinski definition) is 1. The van der Waals surface area contributed by atoms with Gasteiger partial charge in [0.2, 0.25) is 0 Å². The van der Waals surface area contributed by atoms with Gasteiger partial charge in [-0.25, -0.2) is 0 Å². The van der Waals surface area contributed by atoms with Crippen molar-refractivity contribution in [2.75, 3.05) is 5.32 Å². The monoisotopic (exact) mass is 376 g/mol. The van der Waals surface area contributed by atoms with Crippen molar-refractivity contribution in [1.29, 1.82) is 5.26 Å². The van der Waals surface area contributed by atoms with Crippen LogP contribution >= 0.6 is 34.5 Å². The molecule has 0 aliphatic rings. The van der Waals surface area contributed by atoms with Crippen molar-refractivity contribution in [2.24, 2.45) is 0 Å². The van der Waals surface area contributed by atoms with Crippen LogP contribution in [0.2, 0.25) is 10.0 Å². The third-order valence-electron chi connectivity index (χ3n) is 3.32. The molecule has 0 aliphatic carbocycles. The molecular weight excluding hydrogens is 367 g/mol. The van der Waals surface area contributed by atoms with Crippen molar-refractivity contribution in [2.45, 2.75) is 6.92 Å². The number of amides is 1. The van der Waals surface area contributed by atoms with Gasteiger partial charge in [-0.3, -0.25) is 4.79 Å². The molecule has 0 bridgehead atoms. The number of anilines is 1. The normalized spacial score (nSPS) is 10.4. The minimum absolute atomic E-state index is 0.191. The van der Waals surface area contributed by atoms with E-state index in [9.17, 15) is 10.1 Å². The van der Waals surface area contributed by atoms with E-state index in [-0.39, 0.29) is 5.76 Å². The topological polar surface area (TPSA) is 66.0 Å². The van der Waals surface area contributed by atoms with E-state index in [0.29, 0.717) is 37.5 Å². The third-order valence-corrected chi connectivity index (χ3v) is 4.76. The van der Waals surface area contributed by atoms with Crippen molar-refractivity contribution in [3.8, 4) is 17.2 Å². The number of thiophene rings is 1. The van der Waals surface area contributed by atoms with Gasteiger partial charge in [-0.15, -0.1) is 11.3 Å². The summed E-state index contributed by atoms with van der Waals surface area (Å²) in [6, 6.07) is 10.5. The standard InChI is InChI=1S/C17H10Cl2N2O2S/c1-9-2-5-15(23-9)16(22)21-17-12(7-20)13(8-24-17)11-4-3-10(18)6-14(11)19/h2-6,8H,1H3,(H,21,22). The van der Waals surface area contributed by atoms with Crippen LogP contribution in [0.25, 0.3) is 11.1 Å². The van der Waals surface area contributed by atoms with Crippen LogP contribution in [0, 0.1) is 18.3 Å². The number of hydrogen-bond acceptors (Lipinski definition) is 4. The van der Waals surface area contributed by atoms with Gasteiger partial charge in [0.15, 0.2) is 5.76 Å². The molecule has 0 atom stereocenters. The molecule has 1 N–H and O–H groups in total. The molecule has 7 heteroatoms. The van der Waals surface area contributed by atoms with E-state index in [4.69, 9.17) is 27.6 Å². The SMILES string of the molecule is Cc1ccc(C(=O)Nc2scc(-c3ccc(Cl)cc3Cl)c2C#N)o1. The fourth-order valence-electron chi connectivity index (χ4n) is 2.19. The van der Waals surface area contributed by atoms with E-state index in [1.807, 2.05) is 0 Å². The fraction of sp³-hybridized carbons (Fsp3) is 0.0588. The summed E-state index contributed by atoms with van der Waals surface area (Å²) in [6.45, 7) is 1.75. The highest BCUT2D eigenvalue weighted by molar-refractivity contribution is 7.15. The molecular formula is C17H10Cl2N2O2S. The molecule has 1 amide bonds. The second kappa shape index (κ2) is 6.70. The van der Waals surface area contributed by atoms with Gasteiger partial charge in [0.05, 0.1) is 5.56 Å². The third kappa shape index (κ3) is 3.17. The zero-order chi connectivity index (χ0) is 17.3. The van der Waals surface area contributed by atoms with Crippen LogP contribution in [0.5, 0.6) is 0 Å². The van der Waals surface area contributed by atoms with Gasteiger partial charge in [-0.2, -0.15) is 5.26 Å². The van der Waals surface area contributed by atoms with E-state index in [1.54, 1.807) is 42.6 Å². The molecule has 0 fully saturated rings. The lowest BCUT2D eigenvalue weighted by molar-refractivity contribution is 0.0996. The van der Waals surface area contributed by atoms with E-state index in [0.717, 1.165) is 0 Å².